The Morgan fingerprint density at radius 2 is 1.62 bits per heavy atom. The van der Waals surface area contributed by atoms with E-state index in [0.29, 0.717) is 11.2 Å². The van der Waals surface area contributed by atoms with Crippen LogP contribution in [0.1, 0.15) is 0 Å². The molecule has 0 aliphatic heterocycles. The Morgan fingerprint density at radius 3 is 2.42 bits per heavy atom. The van der Waals surface area contributed by atoms with Crippen LogP contribution in [0.15, 0.2) is 66.7 Å². The number of hydrogen-bond donors (Lipinski definition) is 1. The molecule has 5 nitrogen and oxygen atoms in total. The molecule has 1 N–H and O–H groups in total. The highest BCUT2D eigenvalue weighted by atomic mass is 16.5. The van der Waals surface area contributed by atoms with Crippen molar-refractivity contribution in [2.24, 2.45) is 0 Å². The number of aromatic nitrogens is 3. The number of phenolic OH excluding ortho intramolecular Hbond substituents is 1. The molecule has 0 fully saturated rings. The highest BCUT2D eigenvalue weighted by Gasteiger charge is 2.11. The fraction of sp³-hybridized carbons (Fsp3) is 0.0526. The SMILES string of the molecule is COc1ccc2nn(-c3cc(-c4ccccc4)ccc3O)nc2c1. The van der Waals surface area contributed by atoms with Gasteiger partial charge in [0.2, 0.25) is 0 Å². The second-order valence-electron chi connectivity index (χ2n) is 5.41. The predicted molar refractivity (Wildman–Crippen MR) is 92.5 cm³/mol. The van der Waals surface area contributed by atoms with Crippen molar-refractivity contribution >= 4 is 11.0 Å². The molecule has 0 aliphatic carbocycles. The van der Waals surface area contributed by atoms with Gasteiger partial charge in [0, 0.05) is 6.07 Å². The van der Waals surface area contributed by atoms with Crippen LogP contribution in [-0.4, -0.2) is 27.2 Å². The minimum Gasteiger partial charge on any atom is -0.506 e. The lowest BCUT2D eigenvalue weighted by Crippen LogP contribution is -1.99. The molecule has 0 atom stereocenters. The maximum Gasteiger partial charge on any atom is 0.143 e. The minimum absolute atomic E-state index is 0.127. The van der Waals surface area contributed by atoms with Gasteiger partial charge in [-0.3, -0.25) is 0 Å². The molecule has 4 rings (SSSR count). The maximum atomic E-state index is 10.2. The summed E-state index contributed by atoms with van der Waals surface area (Å²) in [7, 11) is 1.61. The van der Waals surface area contributed by atoms with E-state index in [0.717, 1.165) is 22.4 Å². The average molecular weight is 317 g/mol. The molecule has 0 unspecified atom stereocenters. The lowest BCUT2D eigenvalue weighted by atomic mass is 10.1. The Labute approximate surface area is 138 Å². The third kappa shape index (κ3) is 2.46. The average Bonchev–Trinajstić information content (AvgIpc) is 3.05. The molecule has 24 heavy (non-hydrogen) atoms. The van der Waals surface area contributed by atoms with Gasteiger partial charge in [0.1, 0.15) is 28.2 Å². The summed E-state index contributed by atoms with van der Waals surface area (Å²) in [6, 6.07) is 20.9. The number of benzene rings is 3. The number of phenols is 1. The Kier molecular flexibility index (Phi) is 3.39. The van der Waals surface area contributed by atoms with Crippen molar-refractivity contribution in [1.29, 1.82) is 0 Å². The zero-order valence-electron chi connectivity index (χ0n) is 13.0. The van der Waals surface area contributed by atoms with E-state index in [1.54, 1.807) is 13.2 Å². The third-order valence-electron chi connectivity index (χ3n) is 3.89. The summed E-state index contributed by atoms with van der Waals surface area (Å²) in [5, 5.41) is 19.1. The molecular weight excluding hydrogens is 302 g/mol. The van der Waals surface area contributed by atoms with E-state index in [2.05, 4.69) is 10.2 Å². The van der Waals surface area contributed by atoms with Crippen molar-refractivity contribution in [2.75, 3.05) is 7.11 Å². The summed E-state index contributed by atoms with van der Waals surface area (Å²) >= 11 is 0. The molecule has 0 saturated carbocycles. The van der Waals surface area contributed by atoms with E-state index in [1.807, 2.05) is 60.7 Å². The first-order valence-corrected chi connectivity index (χ1v) is 7.54. The zero-order valence-corrected chi connectivity index (χ0v) is 13.0. The van der Waals surface area contributed by atoms with Crippen molar-refractivity contribution in [2.45, 2.75) is 0 Å². The lowest BCUT2D eigenvalue weighted by molar-refractivity contribution is 0.415. The van der Waals surface area contributed by atoms with E-state index in [1.165, 1.54) is 4.80 Å². The minimum atomic E-state index is 0.127. The fourth-order valence-electron chi connectivity index (χ4n) is 2.62. The second kappa shape index (κ2) is 5.70. The van der Waals surface area contributed by atoms with Crippen LogP contribution in [0.3, 0.4) is 0 Å². The molecule has 5 heteroatoms. The number of rotatable bonds is 3. The third-order valence-corrected chi connectivity index (χ3v) is 3.89. The Hall–Kier alpha value is -3.34. The molecule has 0 radical (unpaired) electrons. The monoisotopic (exact) mass is 317 g/mol. The van der Waals surface area contributed by atoms with Gasteiger partial charge in [-0.05, 0) is 35.4 Å². The van der Waals surface area contributed by atoms with Crippen LogP contribution < -0.4 is 4.74 Å². The molecular formula is C19H15N3O2. The molecule has 0 amide bonds. The molecule has 0 aliphatic rings. The number of fused-ring (bicyclic) bond motifs is 1. The molecule has 0 spiro atoms. The quantitative estimate of drug-likeness (QED) is 0.624. The summed E-state index contributed by atoms with van der Waals surface area (Å²) in [5.41, 5.74) is 4.03. The van der Waals surface area contributed by atoms with Gasteiger partial charge in [0.05, 0.1) is 7.11 Å². The van der Waals surface area contributed by atoms with Crippen molar-refractivity contribution in [3.8, 4) is 28.3 Å². The van der Waals surface area contributed by atoms with Gasteiger partial charge < -0.3 is 9.84 Å². The summed E-state index contributed by atoms with van der Waals surface area (Å²) < 4.78 is 5.21. The van der Waals surface area contributed by atoms with Crippen LogP contribution in [0.4, 0.5) is 0 Å². The highest BCUT2D eigenvalue weighted by Crippen LogP contribution is 2.29. The summed E-state index contributed by atoms with van der Waals surface area (Å²) in [6.45, 7) is 0. The van der Waals surface area contributed by atoms with E-state index < -0.39 is 0 Å². The first-order chi connectivity index (χ1) is 11.7. The van der Waals surface area contributed by atoms with Crippen LogP contribution in [0, 0.1) is 0 Å². The van der Waals surface area contributed by atoms with E-state index in [9.17, 15) is 5.11 Å². The van der Waals surface area contributed by atoms with Crippen molar-refractivity contribution in [1.82, 2.24) is 15.0 Å². The second-order valence-corrected chi connectivity index (χ2v) is 5.41. The number of hydrogen-bond acceptors (Lipinski definition) is 4. The van der Waals surface area contributed by atoms with Crippen LogP contribution in [0.5, 0.6) is 11.5 Å². The van der Waals surface area contributed by atoms with Crippen LogP contribution in [-0.2, 0) is 0 Å². The van der Waals surface area contributed by atoms with Gasteiger partial charge in [0.15, 0.2) is 0 Å². The Bertz CT molecular complexity index is 1010. The van der Waals surface area contributed by atoms with Gasteiger partial charge >= 0.3 is 0 Å². The van der Waals surface area contributed by atoms with Crippen LogP contribution in [0.25, 0.3) is 27.8 Å². The summed E-state index contributed by atoms with van der Waals surface area (Å²) in [4.78, 5) is 1.45. The highest BCUT2D eigenvalue weighted by molar-refractivity contribution is 5.76. The molecule has 0 bridgehead atoms. The lowest BCUT2D eigenvalue weighted by Gasteiger charge is -2.07. The predicted octanol–water partition coefficient (Wildman–Crippen LogP) is 3.80. The largest absolute Gasteiger partial charge is 0.506 e. The standard InChI is InChI=1S/C19H15N3O2/c1-24-15-8-9-16-17(12-15)21-22(20-16)18-11-14(7-10-19(18)23)13-5-3-2-4-6-13/h2-12,23H,1H3. The molecule has 0 saturated heterocycles. The summed E-state index contributed by atoms with van der Waals surface area (Å²) in [5.74, 6) is 0.846. The Balaban J connectivity index is 1.84. The van der Waals surface area contributed by atoms with Gasteiger partial charge in [-0.2, -0.15) is 0 Å². The number of ether oxygens (including phenoxy) is 1. The number of aromatic hydroxyl groups is 1. The maximum absolute atomic E-state index is 10.2. The van der Waals surface area contributed by atoms with Crippen molar-refractivity contribution in [3.63, 3.8) is 0 Å². The van der Waals surface area contributed by atoms with E-state index in [4.69, 9.17) is 4.74 Å². The first kappa shape index (κ1) is 14.3. The van der Waals surface area contributed by atoms with Gasteiger partial charge in [-0.1, -0.05) is 36.4 Å². The van der Waals surface area contributed by atoms with E-state index in [-0.39, 0.29) is 5.75 Å². The van der Waals surface area contributed by atoms with Crippen LogP contribution >= 0.6 is 0 Å². The van der Waals surface area contributed by atoms with E-state index >= 15 is 0 Å². The van der Waals surface area contributed by atoms with Gasteiger partial charge in [-0.25, -0.2) is 0 Å². The van der Waals surface area contributed by atoms with Crippen molar-refractivity contribution < 1.29 is 9.84 Å². The smallest absolute Gasteiger partial charge is 0.143 e. The van der Waals surface area contributed by atoms with Crippen molar-refractivity contribution in [3.05, 3.63) is 66.7 Å². The molecule has 3 aromatic carbocycles. The molecule has 118 valence electrons. The molecule has 1 heterocycles. The van der Waals surface area contributed by atoms with Crippen LogP contribution in [0.2, 0.25) is 0 Å². The Morgan fingerprint density at radius 1 is 0.833 bits per heavy atom. The molecule has 4 aromatic rings. The first-order valence-electron chi connectivity index (χ1n) is 7.54. The normalized spacial score (nSPS) is 10.9. The number of nitrogens with zero attached hydrogens (tertiary/aromatic N) is 3. The summed E-state index contributed by atoms with van der Waals surface area (Å²) in [6.07, 6.45) is 0. The number of methoxy groups -OCH3 is 1. The zero-order chi connectivity index (χ0) is 16.5. The topological polar surface area (TPSA) is 60.2 Å². The van der Waals surface area contributed by atoms with Gasteiger partial charge in [-0.15, -0.1) is 15.0 Å². The van der Waals surface area contributed by atoms with Gasteiger partial charge in [0.25, 0.3) is 0 Å². The molecule has 1 aromatic heterocycles. The fourth-order valence-corrected chi connectivity index (χ4v) is 2.62.